The van der Waals surface area contributed by atoms with Gasteiger partial charge in [-0.05, 0) is 13.3 Å². The Morgan fingerprint density at radius 1 is 1.56 bits per heavy atom. The fourth-order valence-corrected chi connectivity index (χ4v) is 2.19. The first-order chi connectivity index (χ1) is 7.38. The minimum absolute atomic E-state index is 0.531. The molecule has 16 heavy (non-hydrogen) atoms. The molecule has 0 aromatic carbocycles. The number of esters is 1. The minimum Gasteiger partial charge on any atom is -0.468 e. The van der Waals surface area contributed by atoms with E-state index in [1.54, 1.807) is 0 Å². The topological polar surface area (TPSA) is 72.5 Å². The van der Waals surface area contributed by atoms with Crippen LogP contribution in [0.4, 0.5) is 0 Å². The molecule has 0 aliphatic heterocycles. The van der Waals surface area contributed by atoms with Gasteiger partial charge in [-0.1, -0.05) is 19.3 Å². The molecule has 0 aliphatic carbocycles. The molecule has 0 heterocycles. The van der Waals surface area contributed by atoms with Crippen LogP contribution in [0.5, 0.6) is 0 Å². The van der Waals surface area contributed by atoms with Crippen LogP contribution >= 0.6 is 0 Å². The van der Waals surface area contributed by atoms with E-state index in [0.29, 0.717) is 6.42 Å². The summed E-state index contributed by atoms with van der Waals surface area (Å²) >= 11 is 0. The molecule has 5 nitrogen and oxygen atoms in total. The summed E-state index contributed by atoms with van der Waals surface area (Å²) in [6.45, 7) is 3.15. The zero-order valence-corrected chi connectivity index (χ0v) is 10.5. The zero-order chi connectivity index (χ0) is 12.8. The summed E-state index contributed by atoms with van der Waals surface area (Å²) in [4.78, 5) is 11.1. The van der Waals surface area contributed by atoms with Gasteiger partial charge in [0.1, 0.15) is 0 Å². The predicted octanol–water partition coefficient (Wildman–Crippen LogP) is 0.269. The number of sulfonamides is 1. The van der Waals surface area contributed by atoms with E-state index in [-0.39, 0.29) is 0 Å². The molecule has 0 radical (unpaired) electrons. The minimum atomic E-state index is -3.77. The number of ether oxygens (including phenoxy) is 1. The van der Waals surface area contributed by atoms with Crippen molar-refractivity contribution in [2.75, 3.05) is 7.11 Å². The first-order valence-electron chi connectivity index (χ1n) is 4.94. The Labute approximate surface area is 96.6 Å². The lowest BCUT2D eigenvalue weighted by atomic mass is 10.2. The Kier molecular flexibility index (Phi) is 6.08. The number of carbonyl (C=O) groups is 1. The maximum atomic E-state index is 11.7. The number of rotatable bonds is 6. The molecule has 0 amide bonds. The first-order valence-corrected chi connectivity index (χ1v) is 6.48. The Balaban J connectivity index is 4.69. The van der Waals surface area contributed by atoms with Crippen molar-refractivity contribution < 1.29 is 17.9 Å². The van der Waals surface area contributed by atoms with E-state index in [1.807, 2.05) is 6.92 Å². The Bertz CT molecular complexity index is 369. The average Bonchev–Trinajstić information content (AvgIpc) is 2.26. The highest BCUT2D eigenvalue weighted by Crippen LogP contribution is 2.04. The molecule has 92 valence electrons. The molecule has 2 atom stereocenters. The van der Waals surface area contributed by atoms with E-state index in [0.717, 1.165) is 13.5 Å². The molecule has 0 aromatic rings. The summed E-state index contributed by atoms with van der Waals surface area (Å²) in [5, 5.41) is -1.26. The standard InChI is InChI=1S/C10H17NO4S/c1-5-7-9(6-2)11-16(13,14)8(3)10(12)15-4/h2,8-9,11H,5,7H2,1,3-4H3. The molecular formula is C10H17NO4S. The van der Waals surface area contributed by atoms with Crippen LogP contribution in [-0.4, -0.2) is 32.8 Å². The predicted molar refractivity (Wildman–Crippen MR) is 61.1 cm³/mol. The van der Waals surface area contributed by atoms with Crippen LogP contribution in [0.15, 0.2) is 0 Å². The van der Waals surface area contributed by atoms with E-state index in [4.69, 9.17) is 6.42 Å². The van der Waals surface area contributed by atoms with Gasteiger partial charge in [0.2, 0.25) is 10.0 Å². The van der Waals surface area contributed by atoms with Crippen LogP contribution < -0.4 is 4.72 Å². The van der Waals surface area contributed by atoms with Gasteiger partial charge in [0.25, 0.3) is 0 Å². The molecule has 0 aromatic heterocycles. The third-order valence-electron chi connectivity index (χ3n) is 2.08. The van der Waals surface area contributed by atoms with Gasteiger partial charge in [0.15, 0.2) is 5.25 Å². The van der Waals surface area contributed by atoms with Gasteiger partial charge < -0.3 is 4.74 Å². The highest BCUT2D eigenvalue weighted by atomic mass is 32.2. The summed E-state index contributed by atoms with van der Waals surface area (Å²) in [7, 11) is -2.63. The molecule has 0 aliphatic rings. The maximum Gasteiger partial charge on any atom is 0.325 e. The van der Waals surface area contributed by atoms with Gasteiger partial charge in [-0.3, -0.25) is 4.79 Å². The van der Waals surface area contributed by atoms with Gasteiger partial charge in [-0.15, -0.1) is 6.42 Å². The molecule has 2 unspecified atom stereocenters. The molecular weight excluding hydrogens is 230 g/mol. The Morgan fingerprint density at radius 3 is 2.50 bits per heavy atom. The largest absolute Gasteiger partial charge is 0.468 e. The summed E-state index contributed by atoms with van der Waals surface area (Å²) in [6.07, 6.45) is 6.47. The van der Waals surface area contributed by atoms with Crippen LogP contribution in [0, 0.1) is 12.3 Å². The first kappa shape index (κ1) is 14.9. The van der Waals surface area contributed by atoms with Gasteiger partial charge in [0, 0.05) is 0 Å². The van der Waals surface area contributed by atoms with Crippen LogP contribution in [0.2, 0.25) is 0 Å². The quantitative estimate of drug-likeness (QED) is 0.540. The molecule has 1 N–H and O–H groups in total. The Hall–Kier alpha value is -1.06. The smallest absolute Gasteiger partial charge is 0.325 e. The van der Waals surface area contributed by atoms with Crippen molar-refractivity contribution in [1.82, 2.24) is 4.72 Å². The number of hydrogen-bond acceptors (Lipinski definition) is 4. The molecule has 0 rings (SSSR count). The second-order valence-corrected chi connectivity index (χ2v) is 5.37. The lowest BCUT2D eigenvalue weighted by Crippen LogP contribution is -2.42. The summed E-state index contributed by atoms with van der Waals surface area (Å²) in [6, 6.07) is -0.581. The van der Waals surface area contributed by atoms with E-state index in [2.05, 4.69) is 15.4 Å². The van der Waals surface area contributed by atoms with E-state index >= 15 is 0 Å². The third-order valence-corrected chi connectivity index (χ3v) is 3.82. The van der Waals surface area contributed by atoms with Crippen LogP contribution in [0.1, 0.15) is 26.7 Å². The van der Waals surface area contributed by atoms with Crippen molar-refractivity contribution >= 4 is 16.0 Å². The van der Waals surface area contributed by atoms with E-state index < -0.39 is 27.3 Å². The van der Waals surface area contributed by atoms with E-state index in [9.17, 15) is 13.2 Å². The number of terminal acetylenes is 1. The van der Waals surface area contributed by atoms with Gasteiger partial charge >= 0.3 is 5.97 Å². The van der Waals surface area contributed by atoms with Crippen molar-refractivity contribution in [1.29, 1.82) is 0 Å². The van der Waals surface area contributed by atoms with Crippen LogP contribution in [-0.2, 0) is 19.6 Å². The third kappa shape index (κ3) is 4.21. The molecule has 0 saturated carbocycles. The monoisotopic (exact) mass is 247 g/mol. The lowest BCUT2D eigenvalue weighted by molar-refractivity contribution is -0.139. The molecule has 0 spiro atoms. The van der Waals surface area contributed by atoms with Gasteiger partial charge in [-0.25, -0.2) is 8.42 Å². The van der Waals surface area contributed by atoms with Crippen LogP contribution in [0.25, 0.3) is 0 Å². The summed E-state index contributed by atoms with van der Waals surface area (Å²) in [5.74, 6) is 1.52. The number of hydrogen-bond donors (Lipinski definition) is 1. The van der Waals surface area contributed by atoms with Crippen molar-refractivity contribution in [3.05, 3.63) is 0 Å². The second-order valence-electron chi connectivity index (χ2n) is 3.34. The normalized spacial score (nSPS) is 14.9. The summed E-state index contributed by atoms with van der Waals surface area (Å²) in [5.41, 5.74) is 0. The second kappa shape index (κ2) is 6.51. The highest BCUT2D eigenvalue weighted by molar-refractivity contribution is 7.90. The summed E-state index contributed by atoms with van der Waals surface area (Å²) < 4.78 is 30.0. The van der Waals surface area contributed by atoms with Crippen molar-refractivity contribution in [3.63, 3.8) is 0 Å². The lowest BCUT2D eigenvalue weighted by Gasteiger charge is -2.15. The highest BCUT2D eigenvalue weighted by Gasteiger charge is 2.30. The van der Waals surface area contributed by atoms with E-state index in [1.165, 1.54) is 6.92 Å². The van der Waals surface area contributed by atoms with Gasteiger partial charge in [-0.2, -0.15) is 4.72 Å². The molecule has 0 saturated heterocycles. The van der Waals surface area contributed by atoms with Gasteiger partial charge in [0.05, 0.1) is 13.2 Å². The SMILES string of the molecule is C#CC(CCC)NS(=O)(=O)C(C)C(=O)OC. The van der Waals surface area contributed by atoms with Crippen molar-refractivity contribution in [3.8, 4) is 12.3 Å². The van der Waals surface area contributed by atoms with Crippen LogP contribution in [0.3, 0.4) is 0 Å². The van der Waals surface area contributed by atoms with Crippen molar-refractivity contribution in [2.45, 2.75) is 38.0 Å². The number of methoxy groups -OCH3 is 1. The zero-order valence-electron chi connectivity index (χ0n) is 9.69. The molecule has 0 fully saturated rings. The molecule has 6 heteroatoms. The maximum absolute atomic E-state index is 11.7. The fourth-order valence-electron chi connectivity index (χ4n) is 1.06. The molecule has 0 bridgehead atoms. The Morgan fingerprint density at radius 2 is 2.12 bits per heavy atom. The number of nitrogens with one attached hydrogen (secondary N) is 1. The van der Waals surface area contributed by atoms with Crippen molar-refractivity contribution in [2.24, 2.45) is 0 Å². The number of carbonyl (C=O) groups excluding carboxylic acids is 1. The average molecular weight is 247 g/mol. The fraction of sp³-hybridized carbons (Fsp3) is 0.700.